The number of nitrogens with zero attached hydrogens (tertiary/aromatic N) is 2. The molecular formula is C29H29N3O3. The highest BCUT2D eigenvalue weighted by Gasteiger charge is 2.14. The van der Waals surface area contributed by atoms with Crippen molar-refractivity contribution < 1.29 is 14.3 Å². The summed E-state index contributed by atoms with van der Waals surface area (Å²) in [4.78, 5) is 22.3. The number of anilines is 1. The Morgan fingerprint density at radius 1 is 0.800 bits per heavy atom. The van der Waals surface area contributed by atoms with Gasteiger partial charge >= 0.3 is 0 Å². The molecule has 0 bridgehead atoms. The first kappa shape index (κ1) is 24.0. The molecule has 0 aliphatic carbocycles. The molecule has 4 rings (SSSR count). The Morgan fingerprint density at radius 3 is 2.06 bits per heavy atom. The maximum atomic E-state index is 12.8. The molecule has 1 aromatic heterocycles. The predicted octanol–water partition coefficient (Wildman–Crippen LogP) is 5.71. The van der Waals surface area contributed by atoms with Crippen molar-refractivity contribution in [2.45, 2.75) is 26.7 Å². The third-order valence-electron chi connectivity index (χ3n) is 5.38. The van der Waals surface area contributed by atoms with Crippen molar-refractivity contribution in [2.75, 3.05) is 18.5 Å². The minimum atomic E-state index is -0.147. The van der Waals surface area contributed by atoms with E-state index in [0.717, 1.165) is 33.9 Å². The lowest BCUT2D eigenvalue weighted by molar-refractivity contribution is -0.115. The van der Waals surface area contributed by atoms with Crippen molar-refractivity contribution in [1.82, 2.24) is 9.97 Å². The third-order valence-corrected chi connectivity index (χ3v) is 5.38. The zero-order chi connectivity index (χ0) is 24.5. The molecule has 0 fully saturated rings. The summed E-state index contributed by atoms with van der Waals surface area (Å²) in [6, 6.07) is 25.3. The molecule has 0 aliphatic rings. The van der Waals surface area contributed by atoms with Gasteiger partial charge in [-0.05, 0) is 61.4 Å². The normalized spacial score (nSPS) is 10.6. The van der Waals surface area contributed by atoms with Crippen molar-refractivity contribution >= 4 is 11.7 Å². The molecule has 0 unspecified atom stereocenters. The molecule has 3 aromatic carbocycles. The second kappa shape index (κ2) is 11.8. The number of rotatable bonds is 10. The Kier molecular flexibility index (Phi) is 8.07. The number of hydrogen-bond acceptors (Lipinski definition) is 5. The van der Waals surface area contributed by atoms with Gasteiger partial charge < -0.3 is 14.8 Å². The van der Waals surface area contributed by atoms with Gasteiger partial charge in [0.2, 0.25) is 5.91 Å². The van der Waals surface area contributed by atoms with Crippen molar-refractivity contribution in [3.8, 4) is 22.8 Å². The van der Waals surface area contributed by atoms with E-state index in [1.165, 1.54) is 0 Å². The summed E-state index contributed by atoms with van der Waals surface area (Å²) in [7, 11) is 0. The van der Waals surface area contributed by atoms with Crippen LogP contribution in [0.5, 0.6) is 11.5 Å². The van der Waals surface area contributed by atoms with Gasteiger partial charge in [0.05, 0.1) is 37.2 Å². The smallest absolute Gasteiger partial charge is 0.229 e. The highest BCUT2D eigenvalue weighted by Crippen LogP contribution is 2.24. The average molecular weight is 468 g/mol. The Labute approximate surface area is 206 Å². The number of aromatic nitrogens is 2. The largest absolute Gasteiger partial charge is 0.494 e. The summed E-state index contributed by atoms with van der Waals surface area (Å²) < 4.78 is 11.0. The van der Waals surface area contributed by atoms with Gasteiger partial charge in [-0.2, -0.15) is 0 Å². The molecule has 0 saturated carbocycles. The molecular weight excluding hydrogens is 438 g/mol. The highest BCUT2D eigenvalue weighted by molar-refractivity contribution is 5.92. The van der Waals surface area contributed by atoms with Crippen molar-refractivity contribution in [3.63, 3.8) is 0 Å². The predicted molar refractivity (Wildman–Crippen MR) is 138 cm³/mol. The summed E-state index contributed by atoms with van der Waals surface area (Å²) in [5.41, 5.74) is 4.37. The average Bonchev–Trinajstić information content (AvgIpc) is 2.88. The molecule has 1 N–H and O–H groups in total. The molecule has 1 amide bonds. The van der Waals surface area contributed by atoms with Crippen molar-refractivity contribution in [1.29, 1.82) is 0 Å². The van der Waals surface area contributed by atoms with Crippen LogP contribution in [0.3, 0.4) is 0 Å². The van der Waals surface area contributed by atoms with Crippen molar-refractivity contribution in [2.24, 2.45) is 0 Å². The number of hydrogen-bond donors (Lipinski definition) is 1. The maximum absolute atomic E-state index is 12.8. The second-order valence-corrected chi connectivity index (χ2v) is 7.97. The number of ether oxygens (including phenoxy) is 2. The van der Waals surface area contributed by atoms with E-state index in [9.17, 15) is 4.79 Å². The summed E-state index contributed by atoms with van der Waals surface area (Å²) in [5, 5.41) is 2.96. The SMILES string of the molecule is CCOc1ccc(CC(=O)Nc2ncc(-c3ccc(OCC)cc3)nc2Cc2ccccc2)cc1. The Balaban J connectivity index is 1.55. The number of carbonyl (C=O) groups excluding carboxylic acids is 1. The van der Waals surface area contributed by atoms with Gasteiger partial charge in [-0.25, -0.2) is 9.97 Å². The van der Waals surface area contributed by atoms with Crippen LogP contribution in [-0.2, 0) is 17.6 Å². The lowest BCUT2D eigenvalue weighted by Crippen LogP contribution is -2.17. The summed E-state index contributed by atoms with van der Waals surface area (Å²) in [5.74, 6) is 1.93. The van der Waals surface area contributed by atoms with Gasteiger partial charge in [-0.3, -0.25) is 4.79 Å². The molecule has 6 nitrogen and oxygen atoms in total. The standard InChI is InChI=1S/C29H29N3O3/c1-3-34-24-14-10-22(11-15-24)19-28(33)32-29-26(18-21-8-6-5-7-9-21)31-27(20-30-29)23-12-16-25(17-13-23)35-4-2/h5-17,20H,3-4,18-19H2,1-2H3,(H,30,32,33). The fourth-order valence-corrected chi connectivity index (χ4v) is 3.70. The van der Waals surface area contributed by atoms with E-state index in [-0.39, 0.29) is 12.3 Å². The van der Waals surface area contributed by atoms with E-state index in [0.29, 0.717) is 31.1 Å². The molecule has 0 spiro atoms. The van der Waals surface area contributed by atoms with Gasteiger partial charge in [0.25, 0.3) is 0 Å². The Bertz CT molecular complexity index is 1240. The molecule has 35 heavy (non-hydrogen) atoms. The van der Waals surface area contributed by atoms with Crippen LogP contribution in [0.4, 0.5) is 5.82 Å². The fourth-order valence-electron chi connectivity index (χ4n) is 3.70. The number of amides is 1. The van der Waals surface area contributed by atoms with Crippen molar-refractivity contribution in [3.05, 3.63) is 102 Å². The number of carbonyl (C=O) groups is 1. The molecule has 0 aliphatic heterocycles. The molecule has 4 aromatic rings. The van der Waals surface area contributed by atoms with Crippen LogP contribution in [0.2, 0.25) is 0 Å². The van der Waals surface area contributed by atoms with Crippen LogP contribution in [0.1, 0.15) is 30.7 Å². The van der Waals surface area contributed by atoms with Crippen LogP contribution in [0, 0.1) is 0 Å². The van der Waals surface area contributed by atoms with Gasteiger partial charge in [0, 0.05) is 12.0 Å². The first-order chi connectivity index (χ1) is 17.1. The lowest BCUT2D eigenvalue weighted by atomic mass is 10.1. The first-order valence-electron chi connectivity index (χ1n) is 11.8. The zero-order valence-electron chi connectivity index (χ0n) is 20.0. The minimum Gasteiger partial charge on any atom is -0.494 e. The topological polar surface area (TPSA) is 73.3 Å². The van der Waals surface area contributed by atoms with Crippen LogP contribution in [-0.4, -0.2) is 29.1 Å². The van der Waals surface area contributed by atoms with E-state index in [4.69, 9.17) is 14.5 Å². The van der Waals surface area contributed by atoms with Gasteiger partial charge in [0.1, 0.15) is 11.5 Å². The van der Waals surface area contributed by atoms with Crippen LogP contribution in [0.15, 0.2) is 85.1 Å². The second-order valence-electron chi connectivity index (χ2n) is 7.97. The Morgan fingerprint density at radius 2 is 1.43 bits per heavy atom. The monoisotopic (exact) mass is 467 g/mol. The van der Waals surface area contributed by atoms with E-state index >= 15 is 0 Å². The van der Waals surface area contributed by atoms with Gasteiger partial charge in [-0.1, -0.05) is 42.5 Å². The van der Waals surface area contributed by atoms with E-state index < -0.39 is 0 Å². The van der Waals surface area contributed by atoms with Gasteiger partial charge in [0.15, 0.2) is 5.82 Å². The fraction of sp³-hybridized carbons (Fsp3) is 0.207. The highest BCUT2D eigenvalue weighted by atomic mass is 16.5. The molecule has 0 saturated heterocycles. The zero-order valence-corrected chi connectivity index (χ0v) is 20.0. The molecule has 178 valence electrons. The van der Waals surface area contributed by atoms with Crippen LogP contribution >= 0.6 is 0 Å². The minimum absolute atomic E-state index is 0.147. The summed E-state index contributed by atoms with van der Waals surface area (Å²) >= 11 is 0. The lowest BCUT2D eigenvalue weighted by Gasteiger charge is -2.12. The molecule has 0 atom stereocenters. The summed E-state index contributed by atoms with van der Waals surface area (Å²) in [6.45, 7) is 5.12. The first-order valence-corrected chi connectivity index (χ1v) is 11.8. The third kappa shape index (κ3) is 6.67. The van der Waals surface area contributed by atoms with Crippen LogP contribution < -0.4 is 14.8 Å². The summed E-state index contributed by atoms with van der Waals surface area (Å²) in [6.07, 6.45) is 2.48. The molecule has 1 heterocycles. The van der Waals surface area contributed by atoms with Gasteiger partial charge in [-0.15, -0.1) is 0 Å². The Hall–Kier alpha value is -4.19. The maximum Gasteiger partial charge on any atom is 0.229 e. The quantitative estimate of drug-likeness (QED) is 0.323. The van der Waals surface area contributed by atoms with E-state index in [2.05, 4.69) is 10.3 Å². The number of nitrogens with one attached hydrogen (secondary N) is 1. The molecule has 0 radical (unpaired) electrons. The van der Waals surface area contributed by atoms with E-state index in [1.54, 1.807) is 6.20 Å². The number of benzene rings is 3. The molecule has 6 heteroatoms. The van der Waals surface area contributed by atoms with Crippen LogP contribution in [0.25, 0.3) is 11.3 Å². The van der Waals surface area contributed by atoms with E-state index in [1.807, 2.05) is 92.7 Å².